The number of unbranched alkanes of at least 4 members (excludes halogenated alkanes) is 2. The molecule has 17 heavy (non-hydrogen) atoms. The van der Waals surface area contributed by atoms with Gasteiger partial charge in [0.1, 0.15) is 5.75 Å². The number of carbonyl (C=O) groups is 1. The zero-order chi connectivity index (χ0) is 12.8. The molecule has 0 aliphatic rings. The SMILES string of the molecule is CCCCCC(=O)c1cc(Br)c(C)cc1OC. The molecule has 0 fully saturated rings. The standard InChI is InChI=1S/C14H19BrO2/c1-4-5-6-7-13(16)11-9-12(15)10(2)8-14(11)17-3/h8-9H,4-7H2,1-3H3. The third-order valence-electron chi connectivity index (χ3n) is 2.79. The minimum Gasteiger partial charge on any atom is -0.496 e. The van der Waals surface area contributed by atoms with Crippen molar-refractivity contribution in [3.63, 3.8) is 0 Å². The monoisotopic (exact) mass is 298 g/mol. The number of methoxy groups -OCH3 is 1. The average molecular weight is 299 g/mol. The highest BCUT2D eigenvalue weighted by atomic mass is 79.9. The minimum atomic E-state index is 0.163. The Bertz CT molecular complexity index is 399. The molecule has 0 bridgehead atoms. The van der Waals surface area contributed by atoms with Gasteiger partial charge in [-0.15, -0.1) is 0 Å². The summed E-state index contributed by atoms with van der Waals surface area (Å²) in [4.78, 5) is 12.1. The van der Waals surface area contributed by atoms with E-state index < -0.39 is 0 Å². The normalized spacial score (nSPS) is 10.4. The number of ether oxygens (including phenoxy) is 1. The molecule has 1 aromatic rings. The number of hydrogen-bond donors (Lipinski definition) is 0. The van der Waals surface area contributed by atoms with E-state index in [2.05, 4.69) is 22.9 Å². The Labute approximate surface area is 111 Å². The molecule has 0 unspecified atom stereocenters. The Balaban J connectivity index is 2.88. The number of ketones is 1. The van der Waals surface area contributed by atoms with Crippen LogP contribution in [0.15, 0.2) is 16.6 Å². The molecule has 2 nitrogen and oxygen atoms in total. The third kappa shape index (κ3) is 3.84. The fourth-order valence-corrected chi connectivity index (χ4v) is 2.06. The zero-order valence-corrected chi connectivity index (χ0v) is 12.3. The molecule has 3 heteroatoms. The molecular weight excluding hydrogens is 280 g/mol. The van der Waals surface area contributed by atoms with Crippen molar-refractivity contribution in [2.24, 2.45) is 0 Å². The Kier molecular flexibility index (Phi) is 5.69. The predicted octanol–water partition coefficient (Wildman–Crippen LogP) is 4.53. The summed E-state index contributed by atoms with van der Waals surface area (Å²) in [5.41, 5.74) is 1.76. The number of Topliss-reactive ketones (excluding diaryl/α,β-unsaturated/α-hetero) is 1. The summed E-state index contributed by atoms with van der Waals surface area (Å²) in [6.45, 7) is 4.12. The van der Waals surface area contributed by atoms with Gasteiger partial charge in [0, 0.05) is 10.9 Å². The number of rotatable bonds is 6. The van der Waals surface area contributed by atoms with E-state index in [1.165, 1.54) is 0 Å². The summed E-state index contributed by atoms with van der Waals surface area (Å²) in [7, 11) is 1.60. The van der Waals surface area contributed by atoms with Crippen LogP contribution in [0.4, 0.5) is 0 Å². The summed E-state index contributed by atoms with van der Waals surface area (Å²) in [6.07, 6.45) is 3.77. The maximum Gasteiger partial charge on any atom is 0.166 e. The van der Waals surface area contributed by atoms with Gasteiger partial charge in [-0.25, -0.2) is 0 Å². The van der Waals surface area contributed by atoms with Gasteiger partial charge in [0.05, 0.1) is 12.7 Å². The van der Waals surface area contributed by atoms with Crippen molar-refractivity contribution in [1.82, 2.24) is 0 Å². The fourth-order valence-electron chi connectivity index (χ4n) is 1.71. The molecule has 1 aromatic carbocycles. The Hall–Kier alpha value is -0.830. The molecule has 0 amide bonds. The molecule has 0 heterocycles. The fraction of sp³-hybridized carbons (Fsp3) is 0.500. The lowest BCUT2D eigenvalue weighted by Gasteiger charge is -2.10. The van der Waals surface area contributed by atoms with E-state index in [1.807, 2.05) is 19.1 Å². The number of aryl methyl sites for hydroxylation is 1. The lowest BCUT2D eigenvalue weighted by molar-refractivity contribution is 0.0976. The topological polar surface area (TPSA) is 26.3 Å². The van der Waals surface area contributed by atoms with Crippen LogP contribution in [0.5, 0.6) is 5.75 Å². The van der Waals surface area contributed by atoms with Crippen LogP contribution in [-0.2, 0) is 0 Å². The first-order valence-electron chi connectivity index (χ1n) is 5.97. The second-order valence-electron chi connectivity index (χ2n) is 4.18. The van der Waals surface area contributed by atoms with Gasteiger partial charge in [-0.1, -0.05) is 35.7 Å². The van der Waals surface area contributed by atoms with Gasteiger partial charge < -0.3 is 4.74 Å². The molecule has 0 aromatic heterocycles. The number of hydrogen-bond acceptors (Lipinski definition) is 2. The molecule has 0 saturated carbocycles. The first-order chi connectivity index (χ1) is 8.10. The molecule has 0 saturated heterocycles. The highest BCUT2D eigenvalue weighted by Gasteiger charge is 2.13. The van der Waals surface area contributed by atoms with E-state index in [0.29, 0.717) is 17.7 Å². The summed E-state index contributed by atoms with van der Waals surface area (Å²) in [5.74, 6) is 0.836. The second-order valence-corrected chi connectivity index (χ2v) is 5.04. The molecule has 0 N–H and O–H groups in total. The van der Waals surface area contributed by atoms with Gasteiger partial charge in [0.15, 0.2) is 5.78 Å². The molecule has 0 aliphatic carbocycles. The van der Waals surface area contributed by atoms with Crippen LogP contribution in [0.25, 0.3) is 0 Å². The van der Waals surface area contributed by atoms with Crippen molar-refractivity contribution in [2.45, 2.75) is 39.5 Å². The minimum absolute atomic E-state index is 0.163. The molecular formula is C14H19BrO2. The summed E-state index contributed by atoms with van der Waals surface area (Å²) >= 11 is 3.45. The van der Waals surface area contributed by atoms with E-state index in [0.717, 1.165) is 29.3 Å². The zero-order valence-electron chi connectivity index (χ0n) is 10.7. The lowest BCUT2D eigenvalue weighted by atomic mass is 10.0. The third-order valence-corrected chi connectivity index (χ3v) is 3.64. The van der Waals surface area contributed by atoms with Crippen LogP contribution in [0.2, 0.25) is 0 Å². The highest BCUT2D eigenvalue weighted by molar-refractivity contribution is 9.10. The maximum absolute atomic E-state index is 12.1. The Morgan fingerprint density at radius 2 is 2.06 bits per heavy atom. The van der Waals surface area contributed by atoms with Crippen molar-refractivity contribution < 1.29 is 9.53 Å². The molecule has 1 rings (SSSR count). The van der Waals surface area contributed by atoms with Gasteiger partial charge in [0.25, 0.3) is 0 Å². The largest absolute Gasteiger partial charge is 0.496 e. The smallest absolute Gasteiger partial charge is 0.166 e. The van der Waals surface area contributed by atoms with Crippen LogP contribution < -0.4 is 4.74 Å². The van der Waals surface area contributed by atoms with Gasteiger partial charge in [-0.05, 0) is 31.0 Å². The Morgan fingerprint density at radius 3 is 2.65 bits per heavy atom. The molecule has 0 atom stereocenters. The van der Waals surface area contributed by atoms with E-state index >= 15 is 0 Å². The van der Waals surface area contributed by atoms with Gasteiger partial charge in [0.2, 0.25) is 0 Å². The predicted molar refractivity (Wildman–Crippen MR) is 73.9 cm³/mol. The average Bonchev–Trinajstić information content (AvgIpc) is 2.32. The molecule has 0 spiro atoms. The van der Waals surface area contributed by atoms with Crippen molar-refractivity contribution >= 4 is 21.7 Å². The first kappa shape index (κ1) is 14.2. The molecule has 94 valence electrons. The van der Waals surface area contributed by atoms with Gasteiger partial charge >= 0.3 is 0 Å². The Morgan fingerprint density at radius 1 is 1.35 bits per heavy atom. The van der Waals surface area contributed by atoms with E-state index in [4.69, 9.17) is 4.74 Å². The van der Waals surface area contributed by atoms with Crippen molar-refractivity contribution in [1.29, 1.82) is 0 Å². The van der Waals surface area contributed by atoms with Crippen LogP contribution in [-0.4, -0.2) is 12.9 Å². The first-order valence-corrected chi connectivity index (χ1v) is 6.76. The molecule has 0 aliphatic heterocycles. The number of halogens is 1. The van der Waals surface area contributed by atoms with Crippen LogP contribution >= 0.6 is 15.9 Å². The highest BCUT2D eigenvalue weighted by Crippen LogP contribution is 2.28. The van der Waals surface area contributed by atoms with Crippen molar-refractivity contribution in [3.05, 3.63) is 27.7 Å². The van der Waals surface area contributed by atoms with Crippen LogP contribution in [0, 0.1) is 6.92 Å². The summed E-state index contributed by atoms with van der Waals surface area (Å²) < 4.78 is 6.22. The molecule has 0 radical (unpaired) electrons. The number of carbonyl (C=O) groups excluding carboxylic acids is 1. The quantitative estimate of drug-likeness (QED) is 0.570. The van der Waals surface area contributed by atoms with Gasteiger partial charge in [-0.2, -0.15) is 0 Å². The van der Waals surface area contributed by atoms with E-state index in [9.17, 15) is 4.79 Å². The summed E-state index contributed by atoms with van der Waals surface area (Å²) in [5, 5.41) is 0. The van der Waals surface area contributed by atoms with E-state index in [1.54, 1.807) is 7.11 Å². The van der Waals surface area contributed by atoms with Crippen LogP contribution in [0.3, 0.4) is 0 Å². The maximum atomic E-state index is 12.1. The van der Waals surface area contributed by atoms with Crippen LogP contribution in [0.1, 0.15) is 48.5 Å². The lowest BCUT2D eigenvalue weighted by Crippen LogP contribution is -2.03. The second kappa shape index (κ2) is 6.80. The summed E-state index contributed by atoms with van der Waals surface area (Å²) in [6, 6.07) is 3.76. The number of benzene rings is 1. The van der Waals surface area contributed by atoms with Gasteiger partial charge in [-0.3, -0.25) is 4.79 Å². The van der Waals surface area contributed by atoms with E-state index in [-0.39, 0.29) is 5.78 Å². The van der Waals surface area contributed by atoms with Crippen molar-refractivity contribution in [2.75, 3.05) is 7.11 Å². The van der Waals surface area contributed by atoms with Crippen molar-refractivity contribution in [3.8, 4) is 5.75 Å².